The molecule has 0 bridgehead atoms. The second-order valence-corrected chi connectivity index (χ2v) is 7.08. The van der Waals surface area contributed by atoms with Gasteiger partial charge >= 0.3 is 0 Å². The lowest BCUT2D eigenvalue weighted by molar-refractivity contribution is 0.0946. The first-order chi connectivity index (χ1) is 11.5. The summed E-state index contributed by atoms with van der Waals surface area (Å²) in [5.74, 6) is -0.247. The SMILES string of the molecule is CCN(CC)CCNC(=O)c1cc(Cl)c(N)cc1CO.CS(=O)(=O)O.O. The van der Waals surface area contributed by atoms with E-state index < -0.39 is 10.1 Å². The Morgan fingerprint density at radius 3 is 2.23 bits per heavy atom. The van der Waals surface area contributed by atoms with E-state index in [0.717, 1.165) is 19.6 Å². The van der Waals surface area contributed by atoms with Crippen LogP contribution < -0.4 is 11.1 Å². The zero-order valence-electron chi connectivity index (χ0n) is 15.1. The Kier molecular flexibility index (Phi) is 13.2. The van der Waals surface area contributed by atoms with Gasteiger partial charge in [0.2, 0.25) is 0 Å². The van der Waals surface area contributed by atoms with Gasteiger partial charge in [-0.15, -0.1) is 0 Å². The molecule has 0 aromatic heterocycles. The van der Waals surface area contributed by atoms with Gasteiger partial charge in [-0.1, -0.05) is 25.4 Å². The Hall–Kier alpha value is -1.43. The van der Waals surface area contributed by atoms with E-state index in [0.29, 0.717) is 34.6 Å². The van der Waals surface area contributed by atoms with Crippen molar-refractivity contribution >= 4 is 33.3 Å². The molecule has 0 saturated heterocycles. The molecule has 0 unspecified atom stereocenters. The van der Waals surface area contributed by atoms with Crippen LogP contribution in [0.4, 0.5) is 5.69 Å². The minimum absolute atomic E-state index is 0. The number of nitrogens with zero attached hydrogens (tertiary/aromatic N) is 1. The quantitative estimate of drug-likeness (QED) is 0.365. The number of hydrogen-bond donors (Lipinski definition) is 4. The van der Waals surface area contributed by atoms with Crippen LogP contribution in [-0.4, -0.2) is 66.8 Å². The van der Waals surface area contributed by atoms with Gasteiger partial charge in [0, 0.05) is 18.7 Å². The molecular weight excluding hydrogens is 386 g/mol. The number of hydrogen-bond acceptors (Lipinski definition) is 6. The summed E-state index contributed by atoms with van der Waals surface area (Å²) < 4.78 is 25.9. The van der Waals surface area contributed by atoms with E-state index in [4.69, 9.17) is 21.9 Å². The monoisotopic (exact) mass is 413 g/mol. The Morgan fingerprint density at radius 1 is 1.31 bits per heavy atom. The van der Waals surface area contributed by atoms with Crippen LogP contribution >= 0.6 is 11.6 Å². The molecule has 0 saturated carbocycles. The van der Waals surface area contributed by atoms with Gasteiger partial charge < -0.3 is 26.5 Å². The molecule has 0 radical (unpaired) electrons. The number of halogens is 1. The van der Waals surface area contributed by atoms with Crippen LogP contribution in [0.1, 0.15) is 29.8 Å². The molecule has 26 heavy (non-hydrogen) atoms. The number of amides is 1. The number of carbonyl (C=O) groups is 1. The summed E-state index contributed by atoms with van der Waals surface area (Å²) in [6.07, 6.45) is 0.715. The third-order valence-electron chi connectivity index (χ3n) is 3.25. The van der Waals surface area contributed by atoms with E-state index in [1.807, 2.05) is 0 Å². The van der Waals surface area contributed by atoms with Crippen molar-refractivity contribution in [2.75, 3.05) is 38.2 Å². The van der Waals surface area contributed by atoms with Crippen molar-refractivity contribution in [3.05, 3.63) is 28.3 Å². The largest absolute Gasteiger partial charge is 0.412 e. The summed E-state index contributed by atoms with van der Waals surface area (Å²) in [6.45, 7) is 7.14. The summed E-state index contributed by atoms with van der Waals surface area (Å²) in [5, 5.41) is 12.4. The number of benzene rings is 1. The van der Waals surface area contributed by atoms with Gasteiger partial charge in [-0.25, -0.2) is 0 Å². The van der Waals surface area contributed by atoms with Crippen molar-refractivity contribution in [3.8, 4) is 0 Å². The highest BCUT2D eigenvalue weighted by Crippen LogP contribution is 2.23. The Balaban J connectivity index is 0. The van der Waals surface area contributed by atoms with Crippen LogP contribution in [0.2, 0.25) is 5.02 Å². The maximum absolute atomic E-state index is 12.1. The average molecular weight is 414 g/mol. The summed E-state index contributed by atoms with van der Waals surface area (Å²) >= 11 is 5.92. The van der Waals surface area contributed by atoms with Gasteiger partial charge in [0.1, 0.15) is 0 Å². The molecule has 0 atom stereocenters. The third-order valence-corrected chi connectivity index (χ3v) is 3.57. The van der Waals surface area contributed by atoms with Crippen LogP contribution in [-0.2, 0) is 16.7 Å². The van der Waals surface area contributed by atoms with Gasteiger partial charge in [-0.05, 0) is 30.8 Å². The van der Waals surface area contributed by atoms with E-state index in [-0.39, 0.29) is 18.0 Å². The van der Waals surface area contributed by atoms with Crippen LogP contribution in [0.15, 0.2) is 12.1 Å². The van der Waals surface area contributed by atoms with E-state index in [2.05, 4.69) is 24.1 Å². The molecule has 9 nitrogen and oxygen atoms in total. The molecule has 152 valence electrons. The molecule has 0 fully saturated rings. The second-order valence-electron chi connectivity index (χ2n) is 5.20. The lowest BCUT2D eigenvalue weighted by Gasteiger charge is -2.18. The number of rotatable bonds is 7. The zero-order chi connectivity index (χ0) is 19.6. The molecule has 7 N–H and O–H groups in total. The minimum Gasteiger partial charge on any atom is -0.412 e. The van der Waals surface area contributed by atoms with Crippen molar-refractivity contribution in [2.24, 2.45) is 0 Å². The van der Waals surface area contributed by atoms with Crippen molar-refractivity contribution in [3.63, 3.8) is 0 Å². The maximum Gasteiger partial charge on any atom is 0.261 e. The molecule has 1 rings (SSSR count). The van der Waals surface area contributed by atoms with Crippen LogP contribution in [0.25, 0.3) is 0 Å². The predicted molar refractivity (Wildman–Crippen MR) is 103 cm³/mol. The highest BCUT2D eigenvalue weighted by atomic mass is 35.5. The minimum atomic E-state index is -3.67. The molecule has 0 aliphatic rings. The Labute approximate surface area is 159 Å². The smallest absolute Gasteiger partial charge is 0.261 e. The third kappa shape index (κ3) is 11.2. The Morgan fingerprint density at radius 2 is 1.81 bits per heavy atom. The number of aliphatic hydroxyl groups excluding tert-OH is 1. The molecule has 1 aromatic carbocycles. The first kappa shape index (κ1) is 26.8. The summed E-state index contributed by atoms with van der Waals surface area (Å²) in [4.78, 5) is 14.3. The predicted octanol–water partition coefficient (Wildman–Crippen LogP) is 0.165. The molecule has 0 spiro atoms. The molecule has 0 aliphatic carbocycles. The van der Waals surface area contributed by atoms with Crippen molar-refractivity contribution in [2.45, 2.75) is 20.5 Å². The highest BCUT2D eigenvalue weighted by molar-refractivity contribution is 7.85. The molecular formula is C15H28ClN3O6S. The zero-order valence-corrected chi connectivity index (χ0v) is 16.7. The van der Waals surface area contributed by atoms with Gasteiger partial charge in [-0.3, -0.25) is 9.35 Å². The van der Waals surface area contributed by atoms with Gasteiger partial charge in [0.25, 0.3) is 16.0 Å². The number of carbonyl (C=O) groups excluding carboxylic acids is 1. The maximum atomic E-state index is 12.1. The number of nitrogen functional groups attached to an aromatic ring is 1. The van der Waals surface area contributed by atoms with E-state index in [1.54, 1.807) is 0 Å². The molecule has 0 aliphatic heterocycles. The highest BCUT2D eigenvalue weighted by Gasteiger charge is 2.13. The summed E-state index contributed by atoms with van der Waals surface area (Å²) in [7, 11) is -3.67. The molecule has 11 heteroatoms. The molecule has 1 amide bonds. The summed E-state index contributed by atoms with van der Waals surface area (Å²) in [6, 6.07) is 3.02. The number of aliphatic hydroxyl groups is 1. The van der Waals surface area contributed by atoms with Crippen LogP contribution in [0.3, 0.4) is 0 Å². The van der Waals surface area contributed by atoms with Gasteiger partial charge in [0.15, 0.2) is 0 Å². The van der Waals surface area contributed by atoms with E-state index in [9.17, 15) is 18.3 Å². The van der Waals surface area contributed by atoms with E-state index in [1.165, 1.54) is 12.1 Å². The van der Waals surface area contributed by atoms with E-state index >= 15 is 0 Å². The second kappa shape index (κ2) is 12.8. The van der Waals surface area contributed by atoms with Crippen molar-refractivity contribution in [1.82, 2.24) is 10.2 Å². The fraction of sp³-hybridized carbons (Fsp3) is 0.533. The number of likely N-dealkylation sites (N-methyl/N-ethyl adjacent to an activating group) is 1. The van der Waals surface area contributed by atoms with Gasteiger partial charge in [0.05, 0.1) is 23.6 Å². The lowest BCUT2D eigenvalue weighted by atomic mass is 10.1. The standard InChI is InChI=1S/C14H22ClN3O2.CH4O3S.H2O/c1-3-18(4-2)6-5-17-14(20)11-8-12(15)13(16)7-10(11)9-19;1-5(2,3)4;/h7-8,19H,3-6,9,16H2,1-2H3,(H,17,20);1H3,(H,2,3,4);1H2. The fourth-order valence-electron chi connectivity index (χ4n) is 1.94. The van der Waals surface area contributed by atoms with Crippen molar-refractivity contribution < 1.29 is 28.3 Å². The fourth-order valence-corrected chi connectivity index (χ4v) is 2.11. The first-order valence-electron chi connectivity index (χ1n) is 7.65. The molecule has 1 aromatic rings. The normalized spacial score (nSPS) is 10.6. The summed E-state index contributed by atoms with van der Waals surface area (Å²) in [5.41, 5.74) is 6.86. The number of nitrogens with one attached hydrogen (secondary N) is 1. The van der Waals surface area contributed by atoms with Crippen LogP contribution in [0, 0.1) is 0 Å². The molecule has 0 heterocycles. The van der Waals surface area contributed by atoms with Gasteiger partial charge in [-0.2, -0.15) is 8.42 Å². The number of nitrogens with two attached hydrogens (primary N) is 1. The topological polar surface area (TPSA) is 164 Å². The van der Waals surface area contributed by atoms with Crippen molar-refractivity contribution in [1.29, 1.82) is 0 Å². The Bertz CT molecular complexity index is 658. The number of anilines is 1. The first-order valence-corrected chi connectivity index (χ1v) is 9.87. The average Bonchev–Trinajstić information content (AvgIpc) is 2.52. The lowest BCUT2D eigenvalue weighted by Crippen LogP contribution is -2.35. The van der Waals surface area contributed by atoms with Crippen LogP contribution in [0.5, 0.6) is 0 Å².